The van der Waals surface area contributed by atoms with Crippen LogP contribution in [0.15, 0.2) is 0 Å². The molecule has 7 heteroatoms. The van der Waals surface area contributed by atoms with Gasteiger partial charge in [-0.25, -0.2) is 4.79 Å². The number of hydrogen-bond acceptors (Lipinski definition) is 5. The van der Waals surface area contributed by atoms with Crippen molar-refractivity contribution in [2.24, 2.45) is 17.8 Å². The maximum atomic E-state index is 12.4. The largest absolute Gasteiger partial charge is 0.598 e. The highest BCUT2D eigenvalue weighted by molar-refractivity contribution is 7.90. The summed E-state index contributed by atoms with van der Waals surface area (Å²) >= 11 is -1.15. The third kappa shape index (κ3) is 5.24. The van der Waals surface area contributed by atoms with Crippen molar-refractivity contribution in [3.8, 4) is 0 Å². The Hall–Kier alpha value is -0.500. The van der Waals surface area contributed by atoms with Gasteiger partial charge in [0.25, 0.3) is 0 Å². The second-order valence-electron chi connectivity index (χ2n) is 8.55. The Morgan fingerprint density at radius 2 is 1.83 bits per heavy atom. The molecule has 134 valence electrons. The van der Waals surface area contributed by atoms with Gasteiger partial charge in [-0.1, -0.05) is 0 Å². The van der Waals surface area contributed by atoms with Crippen molar-refractivity contribution < 1.29 is 14.1 Å². The molecule has 0 bridgehead atoms. The number of piperidine rings is 1. The van der Waals surface area contributed by atoms with Crippen LogP contribution in [0, 0.1) is 17.8 Å². The minimum absolute atomic E-state index is 0.0136. The second-order valence-corrected chi connectivity index (χ2v) is 10.5. The first-order valence-corrected chi connectivity index (χ1v) is 9.49. The SMILES string of the molecule is CC(C)(C)OC(=O)NC[C@H](N[S+]([O-])C(C)(C)C)C1C2CNCC21. The number of nitrogens with one attached hydrogen (secondary N) is 3. The summed E-state index contributed by atoms with van der Waals surface area (Å²) in [7, 11) is 0. The fourth-order valence-corrected chi connectivity index (χ4v) is 4.01. The van der Waals surface area contributed by atoms with E-state index in [1.807, 2.05) is 41.5 Å². The van der Waals surface area contributed by atoms with Gasteiger partial charge in [-0.15, -0.1) is 4.72 Å². The van der Waals surface area contributed by atoms with E-state index >= 15 is 0 Å². The van der Waals surface area contributed by atoms with Crippen LogP contribution < -0.4 is 15.4 Å². The molecule has 23 heavy (non-hydrogen) atoms. The summed E-state index contributed by atoms with van der Waals surface area (Å²) in [6.45, 7) is 13.8. The summed E-state index contributed by atoms with van der Waals surface area (Å²) in [5.74, 6) is 1.73. The van der Waals surface area contributed by atoms with Crippen LogP contribution in [0.2, 0.25) is 0 Å². The lowest BCUT2D eigenvalue weighted by molar-refractivity contribution is 0.0521. The molecular formula is C16H31N3O3S. The van der Waals surface area contributed by atoms with E-state index in [1.165, 1.54) is 0 Å². The first kappa shape index (κ1) is 18.8. The lowest BCUT2D eigenvalue weighted by atomic mass is 10.1. The lowest BCUT2D eigenvalue weighted by Gasteiger charge is -2.29. The van der Waals surface area contributed by atoms with Crippen LogP contribution in [0.4, 0.5) is 4.79 Å². The number of amides is 1. The molecule has 1 saturated carbocycles. The monoisotopic (exact) mass is 345 g/mol. The Bertz CT molecular complexity index is 423. The minimum Gasteiger partial charge on any atom is -0.598 e. The van der Waals surface area contributed by atoms with E-state index in [-0.39, 0.29) is 10.8 Å². The Morgan fingerprint density at radius 1 is 1.26 bits per heavy atom. The quantitative estimate of drug-likeness (QED) is 0.656. The molecule has 0 aromatic carbocycles. The highest BCUT2D eigenvalue weighted by Crippen LogP contribution is 2.50. The third-order valence-corrected chi connectivity index (χ3v) is 5.93. The standard InChI is InChI=1S/C16H31N3O3S/c1-15(2,3)22-14(20)18-9-12(19-23(21)16(4,5)6)13-10-7-17-8-11(10)13/h10-13,17,19H,7-9H2,1-6H3,(H,18,20)/t10?,11?,12-,13?,23?/m0/s1. The summed E-state index contributed by atoms with van der Waals surface area (Å²) in [6, 6.07) is 0.0136. The maximum Gasteiger partial charge on any atom is 0.407 e. The fourth-order valence-electron chi connectivity index (χ4n) is 3.14. The highest BCUT2D eigenvalue weighted by atomic mass is 32.2. The van der Waals surface area contributed by atoms with Crippen molar-refractivity contribution >= 4 is 17.5 Å². The first-order chi connectivity index (χ1) is 10.5. The third-order valence-electron chi connectivity index (χ3n) is 4.30. The van der Waals surface area contributed by atoms with Gasteiger partial charge in [0.05, 0.1) is 6.04 Å². The number of rotatable bonds is 5. The van der Waals surface area contributed by atoms with Crippen molar-refractivity contribution in [1.29, 1.82) is 0 Å². The number of carbonyl (C=O) groups excluding carboxylic acids is 1. The van der Waals surface area contributed by atoms with E-state index in [4.69, 9.17) is 4.74 Å². The molecule has 1 aliphatic heterocycles. The van der Waals surface area contributed by atoms with Crippen LogP contribution in [0.3, 0.4) is 0 Å². The second kappa shape index (κ2) is 6.78. The van der Waals surface area contributed by atoms with Gasteiger partial charge >= 0.3 is 6.09 Å². The van der Waals surface area contributed by atoms with Crippen LogP contribution in [0.1, 0.15) is 41.5 Å². The molecule has 2 aliphatic rings. The zero-order valence-corrected chi connectivity index (χ0v) is 15.9. The van der Waals surface area contributed by atoms with Gasteiger partial charge < -0.3 is 19.9 Å². The zero-order chi connectivity index (χ0) is 17.4. The molecule has 1 saturated heterocycles. The molecule has 6 nitrogen and oxygen atoms in total. The van der Waals surface area contributed by atoms with Crippen LogP contribution in [-0.2, 0) is 16.1 Å². The number of hydrogen-bond donors (Lipinski definition) is 3. The van der Waals surface area contributed by atoms with Crippen molar-refractivity contribution in [1.82, 2.24) is 15.4 Å². The smallest absolute Gasteiger partial charge is 0.407 e. The average molecular weight is 346 g/mol. The van der Waals surface area contributed by atoms with Gasteiger partial charge in [0.1, 0.15) is 10.3 Å². The lowest BCUT2D eigenvalue weighted by Crippen LogP contribution is -2.51. The topological polar surface area (TPSA) is 85.5 Å². The number of ether oxygens (including phenoxy) is 1. The number of fused-ring (bicyclic) bond motifs is 1. The van der Waals surface area contributed by atoms with Gasteiger partial charge in [0.2, 0.25) is 0 Å². The molecule has 3 unspecified atom stereocenters. The Labute approximate surface area is 142 Å². The van der Waals surface area contributed by atoms with Crippen molar-refractivity contribution in [3.63, 3.8) is 0 Å². The van der Waals surface area contributed by atoms with Gasteiger partial charge in [-0.2, -0.15) is 0 Å². The summed E-state index contributed by atoms with van der Waals surface area (Å²) in [5.41, 5.74) is -0.513. The van der Waals surface area contributed by atoms with Crippen LogP contribution in [0.25, 0.3) is 0 Å². The number of alkyl carbamates (subject to hydrolysis) is 1. The Balaban J connectivity index is 1.91. The van der Waals surface area contributed by atoms with Crippen LogP contribution >= 0.6 is 0 Å². The van der Waals surface area contributed by atoms with Crippen molar-refractivity contribution in [3.05, 3.63) is 0 Å². The first-order valence-electron chi connectivity index (χ1n) is 8.34. The van der Waals surface area contributed by atoms with Crippen molar-refractivity contribution in [2.75, 3.05) is 19.6 Å². The van der Waals surface area contributed by atoms with E-state index in [9.17, 15) is 9.35 Å². The Kier molecular flexibility index (Phi) is 5.55. The summed E-state index contributed by atoms with van der Waals surface area (Å²) in [4.78, 5) is 11.9. The Morgan fingerprint density at radius 3 is 2.30 bits per heavy atom. The molecule has 4 atom stereocenters. The molecule has 0 aromatic rings. The highest BCUT2D eigenvalue weighted by Gasteiger charge is 2.57. The van der Waals surface area contributed by atoms with E-state index in [0.29, 0.717) is 24.3 Å². The molecule has 3 N–H and O–H groups in total. The molecule has 0 radical (unpaired) electrons. The van der Waals surface area contributed by atoms with Gasteiger partial charge in [-0.05, 0) is 72.4 Å². The normalized spacial score (nSPS) is 29.6. The molecule has 1 amide bonds. The molecule has 2 fully saturated rings. The summed E-state index contributed by atoms with van der Waals surface area (Å²) in [5, 5.41) is 6.20. The van der Waals surface area contributed by atoms with Crippen LogP contribution in [-0.4, -0.2) is 46.7 Å². The number of carbonyl (C=O) groups is 1. The summed E-state index contributed by atoms with van der Waals surface area (Å²) in [6.07, 6.45) is -0.422. The van der Waals surface area contributed by atoms with Gasteiger partial charge in [0, 0.05) is 17.9 Å². The molecule has 1 aliphatic carbocycles. The van der Waals surface area contributed by atoms with Gasteiger partial charge in [0.15, 0.2) is 0 Å². The average Bonchev–Trinajstić information content (AvgIpc) is 2.84. The zero-order valence-electron chi connectivity index (χ0n) is 15.1. The maximum absolute atomic E-state index is 12.4. The molecule has 2 rings (SSSR count). The molecule has 1 heterocycles. The van der Waals surface area contributed by atoms with E-state index < -0.39 is 23.1 Å². The molecule has 0 spiro atoms. The van der Waals surface area contributed by atoms with E-state index in [1.54, 1.807) is 0 Å². The van der Waals surface area contributed by atoms with E-state index in [0.717, 1.165) is 13.1 Å². The fraction of sp³-hybridized carbons (Fsp3) is 0.938. The minimum atomic E-state index is -1.15. The van der Waals surface area contributed by atoms with E-state index in [2.05, 4.69) is 15.4 Å². The molecular weight excluding hydrogens is 314 g/mol. The molecule has 0 aromatic heterocycles. The van der Waals surface area contributed by atoms with Crippen molar-refractivity contribution in [2.45, 2.75) is 57.9 Å². The predicted molar refractivity (Wildman–Crippen MR) is 92.4 cm³/mol. The van der Waals surface area contributed by atoms with Crippen LogP contribution in [0.5, 0.6) is 0 Å². The van der Waals surface area contributed by atoms with Gasteiger partial charge in [-0.3, -0.25) is 0 Å². The summed E-state index contributed by atoms with van der Waals surface area (Å²) < 4.78 is 20.6. The predicted octanol–water partition coefficient (Wildman–Crippen LogP) is 1.40.